The normalized spacial score (nSPS) is 31.4. The molecule has 5 atom stereocenters. The van der Waals surface area contributed by atoms with E-state index in [1.54, 1.807) is 0 Å². The summed E-state index contributed by atoms with van der Waals surface area (Å²) in [6.45, 7) is 0.750. The summed E-state index contributed by atoms with van der Waals surface area (Å²) in [7, 11) is 0. The zero-order valence-electron chi connectivity index (χ0n) is 13.8. The maximum Gasteiger partial charge on any atom is 0.186 e. The molecule has 1 heterocycles. The molecule has 0 aliphatic carbocycles. The SMILES string of the molecule is NCCCCCCCCCCOC1OC(CO)C(O)C(O)C1O. The number of rotatable bonds is 12. The Bertz CT molecular complexity index is 292. The average molecular weight is 335 g/mol. The quantitative estimate of drug-likeness (QED) is 0.315. The summed E-state index contributed by atoms with van der Waals surface area (Å²) in [6.07, 6.45) is 3.05. The van der Waals surface area contributed by atoms with Crippen molar-refractivity contribution in [2.45, 2.75) is 82.1 Å². The Morgan fingerprint density at radius 2 is 1.35 bits per heavy atom. The lowest BCUT2D eigenvalue weighted by Crippen LogP contribution is -2.59. The van der Waals surface area contributed by atoms with Gasteiger partial charge in [0.25, 0.3) is 0 Å². The van der Waals surface area contributed by atoms with Gasteiger partial charge >= 0.3 is 0 Å². The van der Waals surface area contributed by atoms with Crippen molar-refractivity contribution in [1.82, 2.24) is 0 Å². The summed E-state index contributed by atoms with van der Waals surface area (Å²) < 4.78 is 10.7. The molecule has 6 N–H and O–H groups in total. The Labute approximate surface area is 138 Å². The number of hydrogen-bond acceptors (Lipinski definition) is 7. The van der Waals surface area contributed by atoms with E-state index in [0.29, 0.717) is 6.61 Å². The summed E-state index contributed by atoms with van der Waals surface area (Å²) in [5.74, 6) is 0. The second-order valence-corrected chi connectivity index (χ2v) is 6.19. The molecule has 0 aromatic rings. The summed E-state index contributed by atoms with van der Waals surface area (Å²) in [4.78, 5) is 0. The monoisotopic (exact) mass is 335 g/mol. The molecule has 23 heavy (non-hydrogen) atoms. The number of nitrogens with two attached hydrogens (primary N) is 1. The molecule has 1 saturated heterocycles. The highest BCUT2D eigenvalue weighted by Crippen LogP contribution is 2.22. The topological polar surface area (TPSA) is 125 Å². The number of ether oxygens (including phenoxy) is 2. The van der Waals surface area contributed by atoms with E-state index in [9.17, 15) is 15.3 Å². The molecule has 0 aromatic heterocycles. The fraction of sp³-hybridized carbons (Fsp3) is 1.00. The lowest BCUT2D eigenvalue weighted by molar-refractivity contribution is -0.301. The average Bonchev–Trinajstić information content (AvgIpc) is 2.56. The highest BCUT2D eigenvalue weighted by Gasteiger charge is 2.43. The zero-order chi connectivity index (χ0) is 17.1. The van der Waals surface area contributed by atoms with Crippen molar-refractivity contribution in [1.29, 1.82) is 0 Å². The van der Waals surface area contributed by atoms with E-state index in [4.69, 9.17) is 20.3 Å². The molecule has 0 bridgehead atoms. The number of aliphatic hydroxyl groups is 4. The minimum Gasteiger partial charge on any atom is -0.394 e. The van der Waals surface area contributed by atoms with Gasteiger partial charge in [-0.2, -0.15) is 0 Å². The predicted molar refractivity (Wildman–Crippen MR) is 85.7 cm³/mol. The van der Waals surface area contributed by atoms with Crippen LogP contribution in [0.15, 0.2) is 0 Å². The first-order chi connectivity index (χ1) is 11.1. The van der Waals surface area contributed by atoms with Crippen LogP contribution in [0.5, 0.6) is 0 Å². The summed E-state index contributed by atoms with van der Waals surface area (Å²) in [6, 6.07) is 0. The fourth-order valence-corrected chi connectivity index (χ4v) is 2.71. The van der Waals surface area contributed by atoms with Crippen LogP contribution in [-0.2, 0) is 9.47 Å². The summed E-state index contributed by atoms with van der Waals surface area (Å²) in [5, 5.41) is 38.2. The number of hydrogen-bond donors (Lipinski definition) is 5. The van der Waals surface area contributed by atoms with Gasteiger partial charge in [0, 0.05) is 6.61 Å². The van der Waals surface area contributed by atoms with Crippen LogP contribution < -0.4 is 5.73 Å². The molecule has 138 valence electrons. The first kappa shape index (κ1) is 20.8. The van der Waals surface area contributed by atoms with Crippen LogP contribution in [0.2, 0.25) is 0 Å². The molecule has 5 unspecified atom stereocenters. The van der Waals surface area contributed by atoms with E-state index in [-0.39, 0.29) is 0 Å². The Kier molecular flexibility index (Phi) is 11.0. The minimum absolute atomic E-state index is 0.413. The van der Waals surface area contributed by atoms with Gasteiger partial charge in [-0.3, -0.25) is 0 Å². The van der Waals surface area contributed by atoms with Crippen LogP contribution in [0.3, 0.4) is 0 Å². The van der Waals surface area contributed by atoms with Crippen LogP contribution in [0, 0.1) is 0 Å². The van der Waals surface area contributed by atoms with Crippen LogP contribution in [-0.4, -0.2) is 70.9 Å². The Morgan fingerprint density at radius 1 is 0.783 bits per heavy atom. The van der Waals surface area contributed by atoms with Gasteiger partial charge in [-0.25, -0.2) is 0 Å². The van der Waals surface area contributed by atoms with Gasteiger partial charge in [0.15, 0.2) is 6.29 Å². The third-order valence-electron chi connectivity index (χ3n) is 4.23. The Morgan fingerprint density at radius 3 is 1.91 bits per heavy atom. The molecule has 0 radical (unpaired) electrons. The number of unbranched alkanes of at least 4 members (excludes halogenated alkanes) is 7. The Hall–Kier alpha value is -0.280. The van der Waals surface area contributed by atoms with E-state index in [0.717, 1.165) is 32.2 Å². The highest BCUT2D eigenvalue weighted by molar-refractivity contribution is 4.88. The van der Waals surface area contributed by atoms with Crippen molar-refractivity contribution >= 4 is 0 Å². The van der Waals surface area contributed by atoms with Crippen molar-refractivity contribution in [2.75, 3.05) is 19.8 Å². The van der Waals surface area contributed by atoms with Crippen molar-refractivity contribution in [3.05, 3.63) is 0 Å². The van der Waals surface area contributed by atoms with E-state index in [2.05, 4.69) is 0 Å². The molecule has 7 heteroatoms. The van der Waals surface area contributed by atoms with Crippen LogP contribution in [0.4, 0.5) is 0 Å². The third-order valence-corrected chi connectivity index (χ3v) is 4.23. The molecular formula is C16H33NO6. The lowest BCUT2D eigenvalue weighted by Gasteiger charge is -2.39. The van der Waals surface area contributed by atoms with Crippen LogP contribution >= 0.6 is 0 Å². The first-order valence-corrected chi connectivity index (χ1v) is 8.74. The Balaban J connectivity index is 2.06. The van der Waals surface area contributed by atoms with Gasteiger partial charge in [-0.05, 0) is 19.4 Å². The highest BCUT2D eigenvalue weighted by atomic mass is 16.7. The molecule has 1 fully saturated rings. The molecule has 1 aliphatic rings. The van der Waals surface area contributed by atoms with E-state index in [1.807, 2.05) is 0 Å². The van der Waals surface area contributed by atoms with Crippen molar-refractivity contribution in [2.24, 2.45) is 5.73 Å². The maximum atomic E-state index is 9.81. The van der Waals surface area contributed by atoms with Gasteiger partial charge < -0.3 is 35.6 Å². The zero-order valence-corrected chi connectivity index (χ0v) is 13.8. The lowest BCUT2D eigenvalue weighted by atomic mass is 9.99. The summed E-state index contributed by atoms with van der Waals surface area (Å²) >= 11 is 0. The van der Waals surface area contributed by atoms with Gasteiger partial charge in [-0.15, -0.1) is 0 Å². The molecule has 1 aliphatic heterocycles. The molecule has 0 saturated carbocycles. The largest absolute Gasteiger partial charge is 0.394 e. The first-order valence-electron chi connectivity index (χ1n) is 8.74. The molecule has 0 aromatic carbocycles. The second kappa shape index (κ2) is 12.1. The standard InChI is InChI=1S/C16H33NO6/c17-9-7-5-3-1-2-4-6-8-10-22-16-15(21)14(20)13(19)12(11-18)23-16/h12-16,18-21H,1-11,17H2. The maximum absolute atomic E-state index is 9.81. The summed E-state index contributed by atoms with van der Waals surface area (Å²) in [5.41, 5.74) is 5.44. The van der Waals surface area contributed by atoms with Crippen molar-refractivity contribution in [3.8, 4) is 0 Å². The van der Waals surface area contributed by atoms with Gasteiger partial charge in [0.1, 0.15) is 24.4 Å². The second-order valence-electron chi connectivity index (χ2n) is 6.19. The third kappa shape index (κ3) is 7.43. The molecule has 0 spiro atoms. The van der Waals surface area contributed by atoms with Crippen molar-refractivity contribution in [3.63, 3.8) is 0 Å². The van der Waals surface area contributed by atoms with Gasteiger partial charge in [-0.1, -0.05) is 38.5 Å². The van der Waals surface area contributed by atoms with Crippen LogP contribution in [0.25, 0.3) is 0 Å². The molecule has 0 amide bonds. The molecule has 1 rings (SSSR count). The number of aliphatic hydroxyl groups excluding tert-OH is 4. The van der Waals surface area contributed by atoms with Crippen LogP contribution in [0.1, 0.15) is 51.4 Å². The van der Waals surface area contributed by atoms with Crippen molar-refractivity contribution < 1.29 is 29.9 Å². The van der Waals surface area contributed by atoms with Gasteiger partial charge in [0.2, 0.25) is 0 Å². The smallest absolute Gasteiger partial charge is 0.186 e. The van der Waals surface area contributed by atoms with E-state index < -0.39 is 37.3 Å². The predicted octanol–water partition coefficient (Wildman–Crippen LogP) is -0.118. The van der Waals surface area contributed by atoms with Gasteiger partial charge in [0.05, 0.1) is 6.61 Å². The van der Waals surface area contributed by atoms with E-state index in [1.165, 1.54) is 25.7 Å². The molecule has 7 nitrogen and oxygen atoms in total. The minimum atomic E-state index is -1.38. The fourth-order valence-electron chi connectivity index (χ4n) is 2.71. The molecular weight excluding hydrogens is 302 g/mol. The van der Waals surface area contributed by atoms with E-state index >= 15 is 0 Å².